The van der Waals surface area contributed by atoms with E-state index in [1.165, 1.54) is 5.56 Å². The quantitative estimate of drug-likeness (QED) is 0.697. The molecule has 1 aromatic rings. The molecule has 0 amide bonds. The molecule has 0 aromatic carbocycles. The van der Waals surface area contributed by atoms with Gasteiger partial charge in [0.25, 0.3) is 0 Å². The van der Waals surface area contributed by atoms with Crippen LogP contribution in [0.5, 0.6) is 0 Å². The van der Waals surface area contributed by atoms with E-state index in [1.54, 1.807) is 11.8 Å². The number of thioether (sulfide) groups is 1. The van der Waals surface area contributed by atoms with Crippen molar-refractivity contribution in [3.63, 3.8) is 0 Å². The van der Waals surface area contributed by atoms with E-state index in [-0.39, 0.29) is 6.61 Å². The second kappa shape index (κ2) is 6.81. The van der Waals surface area contributed by atoms with Gasteiger partial charge in [0.1, 0.15) is 0 Å². The second-order valence-corrected chi connectivity index (χ2v) is 3.97. The average molecular weight is 212 g/mol. The van der Waals surface area contributed by atoms with E-state index in [0.717, 1.165) is 18.1 Å². The fraction of sp³-hybridized carbons (Fsp3) is 0.500. The fourth-order valence-electron chi connectivity index (χ4n) is 1.02. The zero-order valence-electron chi connectivity index (χ0n) is 8.36. The Morgan fingerprint density at radius 3 is 2.93 bits per heavy atom. The molecule has 78 valence electrons. The van der Waals surface area contributed by atoms with Gasteiger partial charge in [-0.2, -0.15) is 0 Å². The maximum absolute atomic E-state index is 8.64. The van der Waals surface area contributed by atoms with Crippen LogP contribution in [0.1, 0.15) is 12.5 Å². The van der Waals surface area contributed by atoms with Crippen LogP contribution in [-0.2, 0) is 6.54 Å². The summed E-state index contributed by atoms with van der Waals surface area (Å²) in [6, 6.07) is 4.06. The first kappa shape index (κ1) is 11.5. The zero-order chi connectivity index (χ0) is 10.2. The van der Waals surface area contributed by atoms with Gasteiger partial charge in [-0.1, -0.05) is 13.0 Å². The Bertz CT molecular complexity index is 224. The van der Waals surface area contributed by atoms with Gasteiger partial charge < -0.3 is 10.4 Å². The predicted molar refractivity (Wildman–Crippen MR) is 59.4 cm³/mol. The molecule has 0 fully saturated rings. The summed E-state index contributed by atoms with van der Waals surface area (Å²) in [7, 11) is 0. The van der Waals surface area contributed by atoms with Crippen LogP contribution in [0.15, 0.2) is 23.4 Å². The molecule has 1 aromatic heterocycles. The highest BCUT2D eigenvalue weighted by molar-refractivity contribution is 7.99. The summed E-state index contributed by atoms with van der Waals surface area (Å²) in [5.41, 5.74) is 1.19. The van der Waals surface area contributed by atoms with Crippen LogP contribution in [0.2, 0.25) is 0 Å². The zero-order valence-corrected chi connectivity index (χ0v) is 9.18. The molecule has 0 aliphatic rings. The molecule has 0 radical (unpaired) electrons. The predicted octanol–water partition coefficient (Wildman–Crippen LogP) is 1.28. The van der Waals surface area contributed by atoms with Crippen LogP contribution in [-0.4, -0.2) is 29.0 Å². The number of nitrogens with one attached hydrogen (secondary N) is 1. The van der Waals surface area contributed by atoms with E-state index < -0.39 is 0 Å². The smallest absolute Gasteiger partial charge is 0.0960 e. The van der Waals surface area contributed by atoms with Crippen molar-refractivity contribution in [3.05, 3.63) is 23.9 Å². The first-order valence-electron chi connectivity index (χ1n) is 4.76. The van der Waals surface area contributed by atoms with Gasteiger partial charge in [0.05, 0.1) is 11.6 Å². The van der Waals surface area contributed by atoms with Crippen LogP contribution in [0.3, 0.4) is 0 Å². The van der Waals surface area contributed by atoms with Crippen molar-refractivity contribution in [2.75, 3.05) is 18.9 Å². The third-order valence-electron chi connectivity index (χ3n) is 1.72. The fourth-order valence-corrected chi connectivity index (χ4v) is 1.61. The van der Waals surface area contributed by atoms with Gasteiger partial charge in [-0.15, -0.1) is 11.8 Å². The van der Waals surface area contributed by atoms with Gasteiger partial charge in [-0.3, -0.25) is 0 Å². The van der Waals surface area contributed by atoms with Gasteiger partial charge in [0, 0.05) is 18.5 Å². The molecule has 0 atom stereocenters. The summed E-state index contributed by atoms with van der Waals surface area (Å²) in [5, 5.41) is 12.9. The largest absolute Gasteiger partial charge is 0.396 e. The lowest BCUT2D eigenvalue weighted by Gasteiger charge is -2.02. The summed E-state index contributed by atoms with van der Waals surface area (Å²) in [4.78, 5) is 4.28. The van der Waals surface area contributed by atoms with Gasteiger partial charge in [-0.05, 0) is 18.2 Å². The van der Waals surface area contributed by atoms with E-state index in [2.05, 4.69) is 23.3 Å². The van der Waals surface area contributed by atoms with Crippen LogP contribution in [0.4, 0.5) is 0 Å². The highest BCUT2D eigenvalue weighted by Gasteiger charge is 1.95. The second-order valence-electron chi connectivity index (χ2n) is 2.86. The van der Waals surface area contributed by atoms with Crippen molar-refractivity contribution in [1.82, 2.24) is 10.3 Å². The molecule has 0 spiro atoms. The first-order chi connectivity index (χ1) is 6.86. The number of aromatic nitrogens is 1. The average Bonchev–Trinajstić information content (AvgIpc) is 2.25. The Kier molecular flexibility index (Phi) is 5.59. The number of pyridine rings is 1. The topological polar surface area (TPSA) is 45.1 Å². The number of rotatable bonds is 6. The summed E-state index contributed by atoms with van der Waals surface area (Å²) in [6.07, 6.45) is 1.88. The maximum Gasteiger partial charge on any atom is 0.0960 e. The number of hydrogen-bond acceptors (Lipinski definition) is 4. The Hall–Kier alpha value is -0.580. The lowest BCUT2D eigenvalue weighted by molar-refractivity contribution is 0.322. The molecule has 0 saturated heterocycles. The van der Waals surface area contributed by atoms with Crippen molar-refractivity contribution in [2.45, 2.75) is 18.5 Å². The molecule has 1 heterocycles. The minimum atomic E-state index is 0.200. The van der Waals surface area contributed by atoms with Crippen molar-refractivity contribution < 1.29 is 5.11 Å². The molecular formula is C10H16N2OS. The summed E-state index contributed by atoms with van der Waals surface area (Å²) in [6.45, 7) is 4.12. The highest BCUT2D eigenvalue weighted by atomic mass is 32.2. The van der Waals surface area contributed by atoms with Gasteiger partial charge in [0.2, 0.25) is 0 Å². The molecular weight excluding hydrogens is 196 g/mol. The number of aliphatic hydroxyl groups excluding tert-OH is 1. The van der Waals surface area contributed by atoms with Crippen molar-refractivity contribution in [2.24, 2.45) is 0 Å². The van der Waals surface area contributed by atoms with Crippen molar-refractivity contribution in [1.29, 1.82) is 0 Å². The molecule has 0 saturated carbocycles. The SMILES string of the molecule is CCNCc1ccc(SCCO)nc1. The molecule has 0 aliphatic heterocycles. The van der Waals surface area contributed by atoms with E-state index in [4.69, 9.17) is 5.11 Å². The molecule has 3 nitrogen and oxygen atoms in total. The lowest BCUT2D eigenvalue weighted by Crippen LogP contribution is -2.11. The van der Waals surface area contributed by atoms with E-state index >= 15 is 0 Å². The van der Waals surface area contributed by atoms with Gasteiger partial charge in [-0.25, -0.2) is 4.98 Å². The monoisotopic (exact) mass is 212 g/mol. The van der Waals surface area contributed by atoms with Crippen LogP contribution < -0.4 is 5.32 Å². The van der Waals surface area contributed by atoms with E-state index in [0.29, 0.717) is 5.75 Å². The minimum Gasteiger partial charge on any atom is -0.396 e. The molecule has 1 rings (SSSR count). The summed E-state index contributed by atoms with van der Waals surface area (Å²) >= 11 is 1.57. The van der Waals surface area contributed by atoms with Crippen molar-refractivity contribution in [3.8, 4) is 0 Å². The minimum absolute atomic E-state index is 0.200. The van der Waals surface area contributed by atoms with Crippen molar-refractivity contribution >= 4 is 11.8 Å². The van der Waals surface area contributed by atoms with E-state index in [1.807, 2.05) is 12.3 Å². The lowest BCUT2D eigenvalue weighted by atomic mass is 10.3. The third kappa shape index (κ3) is 4.09. The molecule has 2 N–H and O–H groups in total. The number of nitrogens with zero attached hydrogens (tertiary/aromatic N) is 1. The molecule has 0 unspecified atom stereocenters. The molecule has 4 heteroatoms. The third-order valence-corrected chi connectivity index (χ3v) is 2.64. The number of hydrogen-bond donors (Lipinski definition) is 2. The normalized spacial score (nSPS) is 10.4. The molecule has 0 bridgehead atoms. The Morgan fingerprint density at radius 1 is 1.50 bits per heavy atom. The van der Waals surface area contributed by atoms with Crippen LogP contribution in [0.25, 0.3) is 0 Å². The van der Waals surface area contributed by atoms with Gasteiger partial charge >= 0.3 is 0 Å². The summed E-state index contributed by atoms with van der Waals surface area (Å²) < 4.78 is 0. The Balaban J connectivity index is 2.42. The highest BCUT2D eigenvalue weighted by Crippen LogP contribution is 2.14. The maximum atomic E-state index is 8.64. The van der Waals surface area contributed by atoms with Crippen LogP contribution >= 0.6 is 11.8 Å². The Morgan fingerprint density at radius 2 is 2.36 bits per heavy atom. The standard InChI is InChI=1S/C10H16N2OS/c1-2-11-7-9-3-4-10(12-8-9)14-6-5-13/h3-4,8,11,13H,2,5-7H2,1H3. The summed E-state index contributed by atoms with van der Waals surface area (Å²) in [5.74, 6) is 0.708. The first-order valence-corrected chi connectivity index (χ1v) is 5.74. The van der Waals surface area contributed by atoms with Gasteiger partial charge in [0.15, 0.2) is 0 Å². The molecule has 14 heavy (non-hydrogen) atoms. The molecule has 0 aliphatic carbocycles. The van der Waals surface area contributed by atoms with Crippen LogP contribution in [0, 0.1) is 0 Å². The number of aliphatic hydroxyl groups is 1. The Labute approximate surface area is 88.9 Å². The van der Waals surface area contributed by atoms with E-state index in [9.17, 15) is 0 Å².